The summed E-state index contributed by atoms with van der Waals surface area (Å²) in [6.45, 7) is 1.92. The molecule has 0 fully saturated rings. The molecular weight excluding hydrogens is 138 g/mol. The summed E-state index contributed by atoms with van der Waals surface area (Å²) in [5.74, 6) is 0. The van der Waals surface area contributed by atoms with Gasteiger partial charge < -0.3 is 5.73 Å². The van der Waals surface area contributed by atoms with Crippen molar-refractivity contribution in [1.29, 1.82) is 0 Å². The van der Waals surface area contributed by atoms with Crippen molar-refractivity contribution < 1.29 is 0 Å². The highest BCUT2D eigenvalue weighted by molar-refractivity contribution is 6.02. The van der Waals surface area contributed by atoms with Gasteiger partial charge in [0.1, 0.15) is 0 Å². The fraction of sp³-hybridized carbons (Fsp3) is 0.250. The SMILES string of the molecule is CN=C(C)c1ccncc1N. The summed E-state index contributed by atoms with van der Waals surface area (Å²) < 4.78 is 0. The van der Waals surface area contributed by atoms with Gasteiger partial charge in [0, 0.05) is 24.5 Å². The van der Waals surface area contributed by atoms with Gasteiger partial charge in [0.15, 0.2) is 0 Å². The van der Waals surface area contributed by atoms with Crippen molar-refractivity contribution in [3.63, 3.8) is 0 Å². The van der Waals surface area contributed by atoms with Gasteiger partial charge in [0.25, 0.3) is 0 Å². The number of anilines is 1. The Kier molecular flexibility index (Phi) is 2.21. The van der Waals surface area contributed by atoms with Crippen LogP contribution in [0.3, 0.4) is 0 Å². The van der Waals surface area contributed by atoms with Crippen LogP contribution in [-0.2, 0) is 0 Å². The van der Waals surface area contributed by atoms with Gasteiger partial charge in [-0.3, -0.25) is 9.98 Å². The zero-order valence-electron chi connectivity index (χ0n) is 6.70. The molecule has 1 aromatic heterocycles. The van der Waals surface area contributed by atoms with Crippen LogP contribution >= 0.6 is 0 Å². The molecule has 0 amide bonds. The van der Waals surface area contributed by atoms with E-state index in [1.54, 1.807) is 19.4 Å². The zero-order chi connectivity index (χ0) is 8.27. The van der Waals surface area contributed by atoms with Gasteiger partial charge >= 0.3 is 0 Å². The maximum atomic E-state index is 5.65. The van der Waals surface area contributed by atoms with Crippen molar-refractivity contribution in [3.8, 4) is 0 Å². The Bertz CT molecular complexity index is 278. The van der Waals surface area contributed by atoms with Crippen LogP contribution in [0.25, 0.3) is 0 Å². The summed E-state index contributed by atoms with van der Waals surface area (Å²) in [6.07, 6.45) is 3.34. The molecule has 3 nitrogen and oxygen atoms in total. The average molecular weight is 149 g/mol. The molecule has 1 rings (SSSR count). The largest absolute Gasteiger partial charge is 0.397 e. The van der Waals surface area contributed by atoms with E-state index in [-0.39, 0.29) is 0 Å². The van der Waals surface area contributed by atoms with E-state index in [9.17, 15) is 0 Å². The van der Waals surface area contributed by atoms with Crippen LogP contribution in [0.4, 0.5) is 5.69 Å². The summed E-state index contributed by atoms with van der Waals surface area (Å²) in [6, 6.07) is 1.86. The Morgan fingerprint density at radius 2 is 2.36 bits per heavy atom. The fourth-order valence-corrected chi connectivity index (χ4v) is 0.857. The van der Waals surface area contributed by atoms with E-state index < -0.39 is 0 Å². The number of hydrogen-bond acceptors (Lipinski definition) is 3. The van der Waals surface area contributed by atoms with E-state index in [4.69, 9.17) is 5.73 Å². The van der Waals surface area contributed by atoms with E-state index in [0.29, 0.717) is 5.69 Å². The first-order chi connectivity index (χ1) is 5.25. The van der Waals surface area contributed by atoms with Crippen molar-refractivity contribution in [2.45, 2.75) is 6.92 Å². The molecule has 11 heavy (non-hydrogen) atoms. The minimum Gasteiger partial charge on any atom is -0.397 e. The Labute approximate surface area is 66.0 Å². The van der Waals surface area contributed by atoms with E-state index >= 15 is 0 Å². The van der Waals surface area contributed by atoms with E-state index in [1.807, 2.05) is 13.0 Å². The molecule has 1 heterocycles. The molecule has 0 atom stereocenters. The highest BCUT2D eigenvalue weighted by Gasteiger charge is 1.99. The number of aliphatic imine (C=N–C) groups is 1. The molecule has 0 saturated heterocycles. The van der Waals surface area contributed by atoms with Crippen molar-refractivity contribution >= 4 is 11.4 Å². The maximum Gasteiger partial charge on any atom is 0.0592 e. The molecule has 0 saturated carbocycles. The summed E-state index contributed by atoms with van der Waals surface area (Å²) in [4.78, 5) is 7.91. The second-order valence-corrected chi connectivity index (χ2v) is 2.27. The van der Waals surface area contributed by atoms with Crippen LogP contribution in [0.2, 0.25) is 0 Å². The molecule has 2 N–H and O–H groups in total. The van der Waals surface area contributed by atoms with Gasteiger partial charge in [0.2, 0.25) is 0 Å². The van der Waals surface area contributed by atoms with Crippen molar-refractivity contribution in [1.82, 2.24) is 4.98 Å². The first-order valence-electron chi connectivity index (χ1n) is 3.39. The highest BCUT2D eigenvalue weighted by Crippen LogP contribution is 2.09. The Morgan fingerprint density at radius 1 is 1.64 bits per heavy atom. The monoisotopic (exact) mass is 149 g/mol. The molecule has 0 bridgehead atoms. The standard InChI is InChI=1S/C8H11N3/c1-6(10-2)7-3-4-11-5-8(7)9/h3-5H,9H2,1-2H3. The number of pyridine rings is 1. The molecule has 1 aromatic rings. The van der Waals surface area contributed by atoms with E-state index in [0.717, 1.165) is 11.3 Å². The molecular formula is C8H11N3. The first kappa shape index (κ1) is 7.72. The van der Waals surface area contributed by atoms with Gasteiger partial charge in [-0.15, -0.1) is 0 Å². The Morgan fingerprint density at radius 3 is 2.91 bits per heavy atom. The molecule has 0 spiro atoms. The van der Waals surface area contributed by atoms with Crippen molar-refractivity contribution in [2.24, 2.45) is 4.99 Å². The molecule has 3 heteroatoms. The number of nitrogens with two attached hydrogens (primary N) is 1. The minimum atomic E-state index is 0.676. The zero-order valence-corrected chi connectivity index (χ0v) is 6.70. The molecule has 0 aliphatic heterocycles. The number of hydrogen-bond donors (Lipinski definition) is 1. The van der Waals surface area contributed by atoms with E-state index in [2.05, 4.69) is 9.98 Å². The van der Waals surface area contributed by atoms with Crippen LogP contribution in [0.1, 0.15) is 12.5 Å². The van der Waals surface area contributed by atoms with Crippen LogP contribution in [0.15, 0.2) is 23.5 Å². The normalized spacial score (nSPS) is 11.6. The lowest BCUT2D eigenvalue weighted by Crippen LogP contribution is -2.00. The lowest BCUT2D eigenvalue weighted by Gasteiger charge is -2.01. The molecule has 0 aromatic carbocycles. The fourth-order valence-electron chi connectivity index (χ4n) is 0.857. The maximum absolute atomic E-state index is 5.65. The highest BCUT2D eigenvalue weighted by atomic mass is 14.7. The van der Waals surface area contributed by atoms with Gasteiger partial charge in [-0.05, 0) is 13.0 Å². The average Bonchev–Trinajstić information content (AvgIpc) is 2.04. The van der Waals surface area contributed by atoms with Crippen LogP contribution < -0.4 is 5.73 Å². The smallest absolute Gasteiger partial charge is 0.0592 e. The number of rotatable bonds is 1. The van der Waals surface area contributed by atoms with Gasteiger partial charge in [0.05, 0.1) is 11.9 Å². The Hall–Kier alpha value is -1.38. The third-order valence-electron chi connectivity index (χ3n) is 1.58. The molecule has 0 unspecified atom stereocenters. The summed E-state index contributed by atoms with van der Waals surface area (Å²) in [5, 5.41) is 0. The number of nitrogen functional groups attached to an aromatic ring is 1. The van der Waals surface area contributed by atoms with Crippen LogP contribution in [0.5, 0.6) is 0 Å². The molecule has 0 aliphatic rings. The van der Waals surface area contributed by atoms with Gasteiger partial charge in [-0.2, -0.15) is 0 Å². The lowest BCUT2D eigenvalue weighted by molar-refractivity contribution is 1.31. The quantitative estimate of drug-likeness (QED) is 0.608. The predicted molar refractivity (Wildman–Crippen MR) is 46.8 cm³/mol. The minimum absolute atomic E-state index is 0.676. The number of aromatic nitrogens is 1. The van der Waals surface area contributed by atoms with Crippen LogP contribution in [-0.4, -0.2) is 17.7 Å². The van der Waals surface area contributed by atoms with Gasteiger partial charge in [-0.25, -0.2) is 0 Å². The van der Waals surface area contributed by atoms with E-state index in [1.165, 1.54) is 0 Å². The third kappa shape index (κ3) is 1.55. The number of nitrogens with zero attached hydrogens (tertiary/aromatic N) is 2. The van der Waals surface area contributed by atoms with Gasteiger partial charge in [-0.1, -0.05) is 0 Å². The second-order valence-electron chi connectivity index (χ2n) is 2.27. The lowest BCUT2D eigenvalue weighted by atomic mass is 10.1. The Balaban J connectivity index is 3.14. The molecule has 0 radical (unpaired) electrons. The van der Waals surface area contributed by atoms with Crippen molar-refractivity contribution in [3.05, 3.63) is 24.0 Å². The topological polar surface area (TPSA) is 51.3 Å². The third-order valence-corrected chi connectivity index (χ3v) is 1.58. The summed E-state index contributed by atoms with van der Waals surface area (Å²) >= 11 is 0. The van der Waals surface area contributed by atoms with Crippen LogP contribution in [0, 0.1) is 0 Å². The van der Waals surface area contributed by atoms with Crippen molar-refractivity contribution in [2.75, 3.05) is 12.8 Å². The predicted octanol–water partition coefficient (Wildman–Crippen LogP) is 1.10. The molecule has 0 aliphatic carbocycles. The first-order valence-corrected chi connectivity index (χ1v) is 3.39. The second kappa shape index (κ2) is 3.14. The summed E-state index contributed by atoms with van der Waals surface area (Å²) in [5.41, 5.74) is 8.23. The summed E-state index contributed by atoms with van der Waals surface area (Å²) in [7, 11) is 1.75. The molecule has 58 valence electrons.